The second-order valence-electron chi connectivity index (χ2n) is 5.76. The Morgan fingerprint density at radius 1 is 1.36 bits per heavy atom. The molecule has 0 radical (unpaired) electrons. The predicted octanol–water partition coefficient (Wildman–Crippen LogP) is 3.10. The molecule has 122 valence electrons. The fraction of sp³-hybridized carbons (Fsp3) is 0.600. The Kier molecular flexibility index (Phi) is 6.85. The predicted molar refractivity (Wildman–Crippen MR) is 91.9 cm³/mol. The van der Waals surface area contributed by atoms with Gasteiger partial charge >= 0.3 is 6.03 Å². The van der Waals surface area contributed by atoms with Crippen LogP contribution in [0.2, 0.25) is 0 Å². The van der Waals surface area contributed by atoms with Gasteiger partial charge in [0, 0.05) is 27.3 Å². The van der Waals surface area contributed by atoms with E-state index in [0.717, 1.165) is 30.2 Å². The fourth-order valence-corrected chi connectivity index (χ4v) is 4.17. The monoisotopic (exact) mass is 387 g/mol. The number of imide groups is 1. The van der Waals surface area contributed by atoms with E-state index in [-0.39, 0.29) is 24.5 Å². The van der Waals surface area contributed by atoms with Crippen LogP contribution in [-0.2, 0) is 11.3 Å². The van der Waals surface area contributed by atoms with Crippen LogP contribution in [0, 0.1) is 0 Å². The highest BCUT2D eigenvalue weighted by molar-refractivity contribution is 9.10. The minimum absolute atomic E-state index is 0.202. The van der Waals surface area contributed by atoms with E-state index >= 15 is 0 Å². The molecule has 1 saturated carbocycles. The average Bonchev–Trinajstić information content (AvgIpc) is 2.84. The van der Waals surface area contributed by atoms with Crippen molar-refractivity contribution in [3.63, 3.8) is 0 Å². The second kappa shape index (κ2) is 8.64. The van der Waals surface area contributed by atoms with Gasteiger partial charge in [-0.25, -0.2) is 4.79 Å². The van der Waals surface area contributed by atoms with Crippen LogP contribution in [0.5, 0.6) is 0 Å². The van der Waals surface area contributed by atoms with Gasteiger partial charge in [-0.15, -0.1) is 11.3 Å². The third-order valence-corrected chi connectivity index (χ3v) is 5.34. The van der Waals surface area contributed by atoms with Crippen LogP contribution in [0.1, 0.15) is 37.0 Å². The molecule has 3 amide bonds. The molecule has 1 aromatic rings. The van der Waals surface area contributed by atoms with E-state index in [1.165, 1.54) is 11.3 Å². The van der Waals surface area contributed by atoms with Crippen LogP contribution in [-0.4, -0.2) is 36.5 Å². The van der Waals surface area contributed by atoms with Crippen molar-refractivity contribution in [3.05, 3.63) is 20.8 Å². The minimum atomic E-state index is -0.371. The SMILES string of the molecule is CN(CC(=O)NC(=O)NC1CCCCC1)Cc1cc(Br)cs1. The van der Waals surface area contributed by atoms with Gasteiger partial charge in [-0.1, -0.05) is 19.3 Å². The summed E-state index contributed by atoms with van der Waals surface area (Å²) in [5.41, 5.74) is 0. The van der Waals surface area contributed by atoms with Crippen LogP contribution in [0.15, 0.2) is 15.9 Å². The molecule has 2 rings (SSSR count). The average molecular weight is 388 g/mol. The number of hydrogen-bond acceptors (Lipinski definition) is 4. The summed E-state index contributed by atoms with van der Waals surface area (Å²) in [4.78, 5) is 26.7. The van der Waals surface area contributed by atoms with Gasteiger partial charge in [-0.2, -0.15) is 0 Å². The molecule has 0 atom stereocenters. The molecule has 1 aromatic heterocycles. The van der Waals surface area contributed by atoms with E-state index < -0.39 is 0 Å². The topological polar surface area (TPSA) is 61.4 Å². The van der Waals surface area contributed by atoms with Gasteiger partial charge in [-0.05, 0) is 41.9 Å². The quantitative estimate of drug-likeness (QED) is 0.815. The molecule has 0 aliphatic heterocycles. The van der Waals surface area contributed by atoms with E-state index in [1.807, 2.05) is 23.4 Å². The van der Waals surface area contributed by atoms with Crippen molar-refractivity contribution in [1.29, 1.82) is 0 Å². The highest BCUT2D eigenvalue weighted by Gasteiger charge is 2.17. The van der Waals surface area contributed by atoms with Crippen molar-refractivity contribution in [2.24, 2.45) is 0 Å². The van der Waals surface area contributed by atoms with E-state index in [2.05, 4.69) is 26.6 Å². The number of nitrogens with zero attached hydrogens (tertiary/aromatic N) is 1. The van der Waals surface area contributed by atoms with E-state index in [4.69, 9.17) is 0 Å². The first-order chi connectivity index (χ1) is 10.5. The zero-order valence-electron chi connectivity index (χ0n) is 12.7. The zero-order valence-corrected chi connectivity index (χ0v) is 15.1. The smallest absolute Gasteiger partial charge is 0.321 e. The number of amides is 3. The Bertz CT molecular complexity index is 515. The lowest BCUT2D eigenvalue weighted by Gasteiger charge is -2.23. The van der Waals surface area contributed by atoms with E-state index in [9.17, 15) is 9.59 Å². The van der Waals surface area contributed by atoms with Crippen LogP contribution in [0.3, 0.4) is 0 Å². The molecule has 0 saturated heterocycles. The molecular formula is C15H22BrN3O2S. The van der Waals surface area contributed by atoms with E-state index in [0.29, 0.717) is 6.54 Å². The Morgan fingerprint density at radius 3 is 2.73 bits per heavy atom. The molecule has 0 aromatic carbocycles. The van der Waals surface area contributed by atoms with Gasteiger partial charge in [0.2, 0.25) is 5.91 Å². The lowest BCUT2D eigenvalue weighted by molar-refractivity contribution is -0.120. The number of nitrogens with one attached hydrogen (secondary N) is 2. The highest BCUT2D eigenvalue weighted by Crippen LogP contribution is 2.20. The highest BCUT2D eigenvalue weighted by atomic mass is 79.9. The van der Waals surface area contributed by atoms with Gasteiger partial charge in [0.15, 0.2) is 0 Å². The summed E-state index contributed by atoms with van der Waals surface area (Å²) in [6.07, 6.45) is 5.56. The van der Waals surface area contributed by atoms with Gasteiger partial charge in [0.25, 0.3) is 0 Å². The largest absolute Gasteiger partial charge is 0.335 e. The Hall–Kier alpha value is -0.920. The molecule has 22 heavy (non-hydrogen) atoms. The standard InChI is InChI=1S/C15H22BrN3O2S/c1-19(8-13-7-11(16)10-22-13)9-14(20)18-15(21)17-12-5-3-2-4-6-12/h7,10,12H,2-6,8-9H2,1H3,(H2,17,18,20,21). The molecule has 7 heteroatoms. The molecule has 0 unspecified atom stereocenters. The number of halogens is 1. The van der Waals surface area contributed by atoms with Crippen LogP contribution in [0.25, 0.3) is 0 Å². The first kappa shape index (κ1) is 17.4. The van der Waals surface area contributed by atoms with Crippen molar-refractivity contribution in [2.45, 2.75) is 44.7 Å². The van der Waals surface area contributed by atoms with Crippen molar-refractivity contribution in [1.82, 2.24) is 15.5 Å². The third kappa shape index (κ3) is 6.06. The number of urea groups is 1. The van der Waals surface area contributed by atoms with Crippen molar-refractivity contribution < 1.29 is 9.59 Å². The molecular weight excluding hydrogens is 366 g/mol. The molecule has 2 N–H and O–H groups in total. The molecule has 0 spiro atoms. The summed E-state index contributed by atoms with van der Waals surface area (Å²) in [5.74, 6) is -0.272. The number of carbonyl (C=O) groups is 2. The summed E-state index contributed by atoms with van der Waals surface area (Å²) in [7, 11) is 1.87. The van der Waals surface area contributed by atoms with Gasteiger partial charge in [-0.3, -0.25) is 15.0 Å². The molecule has 0 bridgehead atoms. The molecule has 1 fully saturated rings. The maximum absolute atomic E-state index is 11.9. The van der Waals surface area contributed by atoms with Gasteiger partial charge < -0.3 is 5.32 Å². The lowest BCUT2D eigenvalue weighted by Crippen LogP contribution is -2.47. The summed E-state index contributed by atoms with van der Waals surface area (Å²) < 4.78 is 1.05. The molecule has 1 aliphatic carbocycles. The lowest BCUT2D eigenvalue weighted by atomic mass is 9.96. The van der Waals surface area contributed by atoms with Crippen molar-refractivity contribution >= 4 is 39.2 Å². The number of carbonyl (C=O) groups excluding carboxylic acids is 2. The number of thiophene rings is 1. The van der Waals surface area contributed by atoms with Crippen molar-refractivity contribution in [2.75, 3.05) is 13.6 Å². The second-order valence-corrected chi connectivity index (χ2v) is 7.67. The van der Waals surface area contributed by atoms with Crippen LogP contribution >= 0.6 is 27.3 Å². The molecule has 5 nitrogen and oxygen atoms in total. The summed E-state index contributed by atoms with van der Waals surface area (Å²) in [6.45, 7) is 0.890. The number of rotatable bonds is 5. The maximum atomic E-state index is 11.9. The maximum Gasteiger partial charge on any atom is 0.321 e. The minimum Gasteiger partial charge on any atom is -0.335 e. The third-order valence-electron chi connectivity index (χ3n) is 3.65. The molecule has 1 aliphatic rings. The van der Waals surface area contributed by atoms with Gasteiger partial charge in [0.05, 0.1) is 6.54 Å². The first-order valence-corrected chi connectivity index (χ1v) is 9.22. The Morgan fingerprint density at radius 2 is 2.09 bits per heavy atom. The van der Waals surface area contributed by atoms with Gasteiger partial charge in [0.1, 0.15) is 0 Å². The summed E-state index contributed by atoms with van der Waals surface area (Å²) >= 11 is 5.06. The van der Waals surface area contributed by atoms with Crippen LogP contribution in [0.4, 0.5) is 4.79 Å². The first-order valence-electron chi connectivity index (χ1n) is 7.55. The van der Waals surface area contributed by atoms with Crippen molar-refractivity contribution in [3.8, 4) is 0 Å². The zero-order chi connectivity index (χ0) is 15.9. The van der Waals surface area contributed by atoms with E-state index in [1.54, 1.807) is 11.3 Å². The normalized spacial score (nSPS) is 15.8. The molecule has 1 heterocycles. The fourth-order valence-electron chi connectivity index (χ4n) is 2.64. The Balaban J connectivity index is 1.68. The Labute approximate surface area is 143 Å². The van der Waals surface area contributed by atoms with Crippen LogP contribution < -0.4 is 10.6 Å². The summed E-state index contributed by atoms with van der Waals surface area (Å²) in [5, 5.41) is 7.31. The number of likely N-dealkylation sites (N-methyl/N-ethyl adjacent to an activating group) is 1. The number of hydrogen-bond donors (Lipinski definition) is 2. The summed E-state index contributed by atoms with van der Waals surface area (Å²) in [6, 6.07) is 1.88.